The molecule has 2 unspecified atom stereocenters. The van der Waals surface area contributed by atoms with Crippen molar-refractivity contribution in [1.82, 2.24) is 0 Å². The zero-order valence-electron chi connectivity index (χ0n) is 10.4. The molecular weight excluding hydrogens is 266 g/mol. The Labute approximate surface area is 107 Å². The molecular formula is C13H20BrNO. The number of hydrogen-bond donors (Lipinski definition) is 1. The van der Waals surface area contributed by atoms with Crippen LogP contribution < -0.4 is 10.1 Å². The van der Waals surface area contributed by atoms with Crippen molar-refractivity contribution in [3.05, 3.63) is 22.7 Å². The fourth-order valence-electron chi connectivity index (χ4n) is 1.51. The number of ether oxygens (including phenoxy) is 1. The van der Waals surface area contributed by atoms with E-state index in [0.29, 0.717) is 12.0 Å². The Bertz CT molecular complexity index is 341. The van der Waals surface area contributed by atoms with Crippen molar-refractivity contribution >= 4 is 21.6 Å². The largest absolute Gasteiger partial charge is 0.496 e. The predicted octanol–water partition coefficient (Wildman–Crippen LogP) is 4.30. The number of anilines is 1. The van der Waals surface area contributed by atoms with E-state index in [2.05, 4.69) is 48.1 Å². The second-order valence-corrected chi connectivity index (χ2v) is 5.02. The molecule has 1 aromatic rings. The molecule has 0 fully saturated rings. The highest BCUT2D eigenvalue weighted by atomic mass is 79.9. The van der Waals surface area contributed by atoms with E-state index in [1.54, 1.807) is 7.11 Å². The second-order valence-electron chi connectivity index (χ2n) is 4.17. The first kappa shape index (κ1) is 13.4. The maximum absolute atomic E-state index is 5.20. The van der Waals surface area contributed by atoms with Crippen LogP contribution in [0.25, 0.3) is 0 Å². The molecule has 16 heavy (non-hydrogen) atoms. The number of benzene rings is 1. The molecule has 2 nitrogen and oxygen atoms in total. The summed E-state index contributed by atoms with van der Waals surface area (Å²) in [7, 11) is 1.68. The Morgan fingerprint density at radius 3 is 2.56 bits per heavy atom. The van der Waals surface area contributed by atoms with Crippen molar-refractivity contribution in [3.8, 4) is 5.75 Å². The number of rotatable bonds is 5. The summed E-state index contributed by atoms with van der Waals surface area (Å²) < 4.78 is 6.18. The number of methoxy groups -OCH3 is 1. The molecule has 0 radical (unpaired) electrons. The van der Waals surface area contributed by atoms with Gasteiger partial charge < -0.3 is 10.1 Å². The molecule has 1 rings (SSSR count). The number of nitrogens with one attached hydrogen (secondary N) is 1. The normalized spacial score (nSPS) is 14.3. The van der Waals surface area contributed by atoms with E-state index in [1.807, 2.05) is 12.1 Å². The Morgan fingerprint density at radius 1 is 1.38 bits per heavy atom. The van der Waals surface area contributed by atoms with Crippen molar-refractivity contribution in [2.75, 3.05) is 12.4 Å². The molecule has 90 valence electrons. The third kappa shape index (κ3) is 3.41. The van der Waals surface area contributed by atoms with Crippen molar-refractivity contribution in [3.63, 3.8) is 0 Å². The smallest absolute Gasteiger partial charge is 0.133 e. The van der Waals surface area contributed by atoms with Crippen LogP contribution in [0.5, 0.6) is 5.75 Å². The summed E-state index contributed by atoms with van der Waals surface area (Å²) in [6.07, 6.45) is 1.19. The zero-order chi connectivity index (χ0) is 12.1. The summed E-state index contributed by atoms with van der Waals surface area (Å²) >= 11 is 3.49. The Balaban J connectivity index is 2.71. The van der Waals surface area contributed by atoms with E-state index in [1.165, 1.54) is 6.42 Å². The highest BCUT2D eigenvalue weighted by Gasteiger charge is 2.10. The average molecular weight is 286 g/mol. The predicted molar refractivity (Wildman–Crippen MR) is 73.2 cm³/mol. The topological polar surface area (TPSA) is 21.3 Å². The molecule has 0 aliphatic rings. The van der Waals surface area contributed by atoms with Crippen LogP contribution in [0.3, 0.4) is 0 Å². The average Bonchev–Trinajstić information content (AvgIpc) is 2.28. The second kappa shape index (κ2) is 6.14. The Morgan fingerprint density at radius 2 is 2.06 bits per heavy atom. The van der Waals surface area contributed by atoms with E-state index in [9.17, 15) is 0 Å². The SMILES string of the molecule is CCC(C)C(C)Nc1ccc(OC)c(Br)c1. The number of hydrogen-bond acceptors (Lipinski definition) is 2. The minimum absolute atomic E-state index is 0.477. The lowest BCUT2D eigenvalue weighted by Gasteiger charge is -2.21. The summed E-state index contributed by atoms with van der Waals surface area (Å²) in [5.41, 5.74) is 1.13. The van der Waals surface area contributed by atoms with Crippen LogP contribution in [-0.4, -0.2) is 13.2 Å². The van der Waals surface area contributed by atoms with Crippen molar-refractivity contribution < 1.29 is 4.74 Å². The van der Waals surface area contributed by atoms with Crippen LogP contribution in [0, 0.1) is 5.92 Å². The van der Waals surface area contributed by atoms with E-state index in [4.69, 9.17) is 4.74 Å². The van der Waals surface area contributed by atoms with Gasteiger partial charge in [-0.05, 0) is 47.0 Å². The minimum Gasteiger partial charge on any atom is -0.496 e. The summed E-state index contributed by atoms with van der Waals surface area (Å²) in [5, 5.41) is 3.50. The molecule has 2 atom stereocenters. The van der Waals surface area contributed by atoms with Gasteiger partial charge in [-0.3, -0.25) is 0 Å². The molecule has 0 aliphatic carbocycles. The summed E-state index contributed by atoms with van der Waals surface area (Å²) in [6, 6.07) is 6.54. The molecule has 1 aromatic carbocycles. The zero-order valence-corrected chi connectivity index (χ0v) is 12.0. The van der Waals surface area contributed by atoms with Crippen LogP contribution >= 0.6 is 15.9 Å². The Kier molecular flexibility index (Phi) is 5.13. The standard InChI is InChI=1S/C13H20BrNO/c1-5-9(2)10(3)15-11-6-7-13(16-4)12(14)8-11/h6-10,15H,5H2,1-4H3. The fraction of sp³-hybridized carbons (Fsp3) is 0.538. The van der Waals surface area contributed by atoms with Crippen molar-refractivity contribution in [2.24, 2.45) is 5.92 Å². The first-order valence-corrected chi connectivity index (χ1v) is 6.47. The van der Waals surface area contributed by atoms with E-state index in [-0.39, 0.29) is 0 Å². The lowest BCUT2D eigenvalue weighted by molar-refractivity contribution is 0.412. The van der Waals surface area contributed by atoms with Crippen LogP contribution in [0.15, 0.2) is 22.7 Å². The monoisotopic (exact) mass is 285 g/mol. The molecule has 0 bridgehead atoms. The van der Waals surface area contributed by atoms with Crippen LogP contribution in [-0.2, 0) is 0 Å². The van der Waals surface area contributed by atoms with Gasteiger partial charge in [0.1, 0.15) is 5.75 Å². The van der Waals surface area contributed by atoms with Crippen LogP contribution in [0.4, 0.5) is 5.69 Å². The molecule has 0 saturated heterocycles. The van der Waals surface area contributed by atoms with E-state index < -0.39 is 0 Å². The van der Waals surface area contributed by atoms with Crippen molar-refractivity contribution in [1.29, 1.82) is 0 Å². The molecule has 0 amide bonds. The minimum atomic E-state index is 0.477. The van der Waals surface area contributed by atoms with Gasteiger partial charge in [-0.2, -0.15) is 0 Å². The van der Waals surface area contributed by atoms with Gasteiger partial charge in [0.2, 0.25) is 0 Å². The first-order chi connectivity index (χ1) is 7.58. The molecule has 0 heterocycles. The van der Waals surface area contributed by atoms with Crippen LogP contribution in [0.1, 0.15) is 27.2 Å². The molecule has 0 saturated carbocycles. The third-order valence-corrected chi connectivity index (χ3v) is 3.66. The molecule has 0 aromatic heterocycles. The lowest BCUT2D eigenvalue weighted by Crippen LogP contribution is -2.23. The van der Waals surface area contributed by atoms with E-state index in [0.717, 1.165) is 15.9 Å². The maximum Gasteiger partial charge on any atom is 0.133 e. The van der Waals surface area contributed by atoms with Gasteiger partial charge in [-0.1, -0.05) is 20.3 Å². The quantitative estimate of drug-likeness (QED) is 0.871. The summed E-state index contributed by atoms with van der Waals surface area (Å²) in [4.78, 5) is 0. The highest BCUT2D eigenvalue weighted by Crippen LogP contribution is 2.28. The summed E-state index contributed by atoms with van der Waals surface area (Å²) in [6.45, 7) is 6.69. The fourth-order valence-corrected chi connectivity index (χ4v) is 2.06. The van der Waals surface area contributed by atoms with Gasteiger partial charge in [0.25, 0.3) is 0 Å². The van der Waals surface area contributed by atoms with Gasteiger partial charge >= 0.3 is 0 Å². The van der Waals surface area contributed by atoms with E-state index >= 15 is 0 Å². The third-order valence-electron chi connectivity index (χ3n) is 3.04. The van der Waals surface area contributed by atoms with Gasteiger partial charge in [-0.15, -0.1) is 0 Å². The lowest BCUT2D eigenvalue weighted by atomic mass is 10.0. The summed E-state index contributed by atoms with van der Waals surface area (Å²) in [5.74, 6) is 1.53. The number of halogens is 1. The van der Waals surface area contributed by atoms with Gasteiger partial charge in [0.05, 0.1) is 11.6 Å². The highest BCUT2D eigenvalue weighted by molar-refractivity contribution is 9.10. The molecule has 1 N–H and O–H groups in total. The molecule has 0 spiro atoms. The van der Waals surface area contributed by atoms with Crippen molar-refractivity contribution in [2.45, 2.75) is 33.2 Å². The maximum atomic E-state index is 5.20. The van der Waals surface area contributed by atoms with Gasteiger partial charge in [0, 0.05) is 11.7 Å². The first-order valence-electron chi connectivity index (χ1n) is 5.68. The van der Waals surface area contributed by atoms with Gasteiger partial charge in [-0.25, -0.2) is 0 Å². The van der Waals surface area contributed by atoms with Gasteiger partial charge in [0.15, 0.2) is 0 Å². The molecule has 3 heteroatoms. The molecule has 0 aliphatic heterocycles. The van der Waals surface area contributed by atoms with Crippen LogP contribution in [0.2, 0.25) is 0 Å². The Hall–Kier alpha value is -0.700.